The van der Waals surface area contributed by atoms with E-state index in [0.29, 0.717) is 27.4 Å². The van der Waals surface area contributed by atoms with Crippen molar-refractivity contribution in [3.8, 4) is 10.6 Å². The maximum Gasteiger partial charge on any atom is 0.206 e. The van der Waals surface area contributed by atoms with Gasteiger partial charge in [-0.3, -0.25) is 4.98 Å². The first kappa shape index (κ1) is 18.7. The van der Waals surface area contributed by atoms with Crippen LogP contribution in [0.25, 0.3) is 10.6 Å². The summed E-state index contributed by atoms with van der Waals surface area (Å²) in [5.74, 6) is -0.412. The Balaban J connectivity index is 1.54. The van der Waals surface area contributed by atoms with Crippen LogP contribution in [0.15, 0.2) is 41.0 Å². The quantitative estimate of drug-likeness (QED) is 0.523. The molecule has 0 atom stereocenters. The summed E-state index contributed by atoms with van der Waals surface area (Å²) in [5.41, 5.74) is 0.394. The van der Waals surface area contributed by atoms with E-state index < -0.39 is 17.4 Å². The van der Waals surface area contributed by atoms with E-state index in [2.05, 4.69) is 36.4 Å². The fourth-order valence-electron chi connectivity index (χ4n) is 3.30. The van der Waals surface area contributed by atoms with Crippen LogP contribution in [0.1, 0.15) is 18.5 Å². The van der Waals surface area contributed by atoms with Crippen LogP contribution in [0.2, 0.25) is 5.02 Å². The van der Waals surface area contributed by atoms with Crippen LogP contribution in [-0.2, 0) is 5.41 Å². The van der Waals surface area contributed by atoms with Gasteiger partial charge in [0.05, 0.1) is 10.7 Å². The zero-order chi connectivity index (χ0) is 19.0. The number of rotatable bonds is 5. The van der Waals surface area contributed by atoms with Crippen molar-refractivity contribution in [3.63, 3.8) is 0 Å². The predicted octanol–water partition coefficient (Wildman–Crippen LogP) is 5.64. The van der Waals surface area contributed by atoms with Crippen LogP contribution in [0.5, 0.6) is 0 Å². The number of aromatic nitrogens is 3. The predicted molar refractivity (Wildman–Crippen MR) is 107 cm³/mol. The summed E-state index contributed by atoms with van der Waals surface area (Å²) in [6.07, 6.45) is 1.05. The topological polar surface area (TPSA) is 50.7 Å². The van der Waals surface area contributed by atoms with E-state index >= 15 is 0 Å². The highest BCUT2D eigenvalue weighted by Crippen LogP contribution is 2.46. The fourth-order valence-corrected chi connectivity index (χ4v) is 4.69. The van der Waals surface area contributed by atoms with Gasteiger partial charge in [0.25, 0.3) is 0 Å². The normalized spacial score (nSPS) is 21.7. The monoisotopic (exact) mass is 470 g/mol. The zero-order valence-electron chi connectivity index (χ0n) is 13.9. The molecule has 3 aromatic rings. The lowest BCUT2D eigenvalue weighted by Crippen LogP contribution is -2.48. The Labute approximate surface area is 172 Å². The summed E-state index contributed by atoms with van der Waals surface area (Å²) in [6, 6.07) is 8.39. The first-order valence-electron chi connectivity index (χ1n) is 8.25. The third-order valence-corrected chi connectivity index (χ3v) is 6.38. The second-order valence-corrected chi connectivity index (χ2v) is 8.81. The highest BCUT2D eigenvalue weighted by Gasteiger charge is 2.48. The lowest BCUT2D eigenvalue weighted by Gasteiger charge is -2.43. The first-order chi connectivity index (χ1) is 13.0. The molecule has 0 radical (unpaired) electrons. The summed E-state index contributed by atoms with van der Waals surface area (Å²) in [7, 11) is 0. The lowest BCUT2D eigenvalue weighted by atomic mass is 9.65. The number of nitrogens with zero attached hydrogens (tertiary/aromatic N) is 3. The van der Waals surface area contributed by atoms with E-state index in [9.17, 15) is 8.78 Å². The Bertz CT molecular complexity index is 978. The van der Waals surface area contributed by atoms with Gasteiger partial charge in [0.2, 0.25) is 5.13 Å². The molecule has 1 aromatic carbocycles. The van der Waals surface area contributed by atoms with Crippen LogP contribution < -0.4 is 5.32 Å². The summed E-state index contributed by atoms with van der Waals surface area (Å²) in [4.78, 5) is 4.16. The molecule has 1 saturated carbocycles. The van der Waals surface area contributed by atoms with Crippen LogP contribution in [0.3, 0.4) is 0 Å². The van der Waals surface area contributed by atoms with Gasteiger partial charge in [-0.15, -0.1) is 10.2 Å². The lowest BCUT2D eigenvalue weighted by molar-refractivity contribution is 0.0965. The Morgan fingerprint density at radius 1 is 1.30 bits per heavy atom. The van der Waals surface area contributed by atoms with Crippen molar-refractivity contribution in [1.82, 2.24) is 15.2 Å². The van der Waals surface area contributed by atoms with Crippen LogP contribution >= 0.6 is 38.9 Å². The molecule has 2 heterocycles. The summed E-state index contributed by atoms with van der Waals surface area (Å²) in [6.45, 7) is 0.336. The number of nitrogens with one attached hydrogen (secondary N) is 1. The molecule has 0 amide bonds. The van der Waals surface area contributed by atoms with Crippen molar-refractivity contribution in [2.24, 2.45) is 0 Å². The average molecular weight is 472 g/mol. The average Bonchev–Trinajstić information content (AvgIpc) is 3.09. The van der Waals surface area contributed by atoms with Gasteiger partial charge in [0.15, 0.2) is 5.01 Å². The summed E-state index contributed by atoms with van der Waals surface area (Å²) >= 11 is 11.0. The number of benzene rings is 1. The van der Waals surface area contributed by atoms with Gasteiger partial charge in [0.1, 0.15) is 12.0 Å². The molecule has 0 bridgehead atoms. The second kappa shape index (κ2) is 7.41. The zero-order valence-corrected chi connectivity index (χ0v) is 17.1. The maximum atomic E-state index is 14.2. The van der Waals surface area contributed by atoms with Crippen molar-refractivity contribution < 1.29 is 8.78 Å². The molecule has 0 aliphatic heterocycles. The Kier molecular flexibility index (Phi) is 5.13. The molecule has 0 spiro atoms. The Morgan fingerprint density at radius 3 is 2.85 bits per heavy atom. The maximum absolute atomic E-state index is 14.2. The molecule has 2 aromatic heterocycles. The third kappa shape index (κ3) is 3.70. The van der Waals surface area contributed by atoms with Gasteiger partial charge >= 0.3 is 0 Å². The Morgan fingerprint density at radius 2 is 2.11 bits per heavy atom. The molecule has 0 saturated heterocycles. The number of pyridine rings is 1. The van der Waals surface area contributed by atoms with Gasteiger partial charge < -0.3 is 5.32 Å². The number of hydrogen-bond acceptors (Lipinski definition) is 5. The number of alkyl halides is 1. The molecule has 1 aliphatic carbocycles. The molecule has 4 rings (SSSR count). The minimum absolute atomic E-state index is 0.233. The van der Waals surface area contributed by atoms with Crippen molar-refractivity contribution in [2.75, 3.05) is 11.9 Å². The van der Waals surface area contributed by atoms with Crippen molar-refractivity contribution in [2.45, 2.75) is 24.4 Å². The fraction of sp³-hybridized carbons (Fsp3) is 0.278. The molecule has 1 aliphatic rings. The van der Waals surface area contributed by atoms with Crippen LogP contribution in [0.4, 0.5) is 13.9 Å². The van der Waals surface area contributed by atoms with Gasteiger partial charge in [-0.2, -0.15) is 0 Å². The minimum atomic E-state index is -0.946. The Hall–Kier alpha value is -1.64. The van der Waals surface area contributed by atoms with Crippen LogP contribution in [-0.4, -0.2) is 27.9 Å². The SMILES string of the molecule is Fc1cccnc1[C@]1(CNc2nnc(-c3cc(Br)ccc3Cl)s2)C[C@H](F)C1. The summed E-state index contributed by atoms with van der Waals surface area (Å²) in [5, 5.41) is 13.3. The molecule has 140 valence electrons. The second-order valence-electron chi connectivity index (χ2n) is 6.51. The van der Waals surface area contributed by atoms with Crippen molar-refractivity contribution in [1.29, 1.82) is 0 Å². The molecule has 9 heteroatoms. The van der Waals surface area contributed by atoms with E-state index in [1.54, 1.807) is 6.07 Å². The smallest absolute Gasteiger partial charge is 0.206 e. The highest BCUT2D eigenvalue weighted by molar-refractivity contribution is 9.10. The largest absolute Gasteiger partial charge is 0.359 e. The first-order valence-corrected chi connectivity index (χ1v) is 10.2. The van der Waals surface area contributed by atoms with E-state index in [-0.39, 0.29) is 12.8 Å². The van der Waals surface area contributed by atoms with E-state index in [1.807, 2.05) is 12.1 Å². The number of halogens is 4. The molecule has 4 nitrogen and oxygen atoms in total. The highest BCUT2D eigenvalue weighted by atomic mass is 79.9. The number of anilines is 1. The van der Waals surface area contributed by atoms with Crippen molar-refractivity contribution in [3.05, 3.63) is 57.5 Å². The molecular weight excluding hydrogens is 458 g/mol. The number of hydrogen-bond donors (Lipinski definition) is 1. The molecule has 1 fully saturated rings. The van der Waals surface area contributed by atoms with Crippen molar-refractivity contribution >= 4 is 44.0 Å². The van der Waals surface area contributed by atoms with Gasteiger partial charge in [0, 0.05) is 28.2 Å². The molecule has 1 N–H and O–H groups in total. The standard InChI is InChI=1S/C18H14BrClF2N4S/c19-10-3-4-13(20)12(6-10)16-25-26-17(27-16)24-9-18(7-11(21)8-18)15-14(22)2-1-5-23-15/h1-6,11H,7-9H2,(H,24,26)/t11-,18+. The van der Waals surface area contributed by atoms with Gasteiger partial charge in [-0.25, -0.2) is 8.78 Å². The molecule has 27 heavy (non-hydrogen) atoms. The van der Waals surface area contributed by atoms with Gasteiger partial charge in [-0.1, -0.05) is 38.9 Å². The van der Waals surface area contributed by atoms with Crippen LogP contribution in [0, 0.1) is 5.82 Å². The van der Waals surface area contributed by atoms with E-state index in [4.69, 9.17) is 11.6 Å². The van der Waals surface area contributed by atoms with Gasteiger partial charge in [-0.05, 0) is 43.2 Å². The third-order valence-electron chi connectivity index (χ3n) is 4.65. The minimum Gasteiger partial charge on any atom is -0.359 e. The van der Waals surface area contributed by atoms with E-state index in [1.165, 1.54) is 29.7 Å². The van der Waals surface area contributed by atoms with E-state index in [0.717, 1.165) is 10.0 Å². The molecular formula is C18H14BrClF2N4S. The molecule has 0 unspecified atom stereocenters. The summed E-state index contributed by atoms with van der Waals surface area (Å²) < 4.78 is 28.7.